The summed E-state index contributed by atoms with van der Waals surface area (Å²) >= 11 is 8.24. The van der Waals surface area contributed by atoms with Gasteiger partial charge in [0.2, 0.25) is 0 Å². The van der Waals surface area contributed by atoms with Crippen LogP contribution in [0.4, 0.5) is 0 Å². The number of hydrogen-bond donors (Lipinski definition) is 0. The first kappa shape index (κ1) is 7.18. The van der Waals surface area contributed by atoms with Crippen LogP contribution in [0, 0.1) is 0 Å². The molecule has 0 aromatic heterocycles. The van der Waals surface area contributed by atoms with E-state index in [1.165, 1.54) is 5.56 Å². The molecule has 0 aliphatic heterocycles. The van der Waals surface area contributed by atoms with Crippen molar-refractivity contribution in [3.05, 3.63) is 34.9 Å². The van der Waals surface area contributed by atoms with Crippen molar-refractivity contribution in [2.45, 2.75) is 5.21 Å². The summed E-state index contributed by atoms with van der Waals surface area (Å²) in [5.74, 6) is 0. The molecule has 9 heavy (non-hydrogen) atoms. The van der Waals surface area contributed by atoms with E-state index in [9.17, 15) is 0 Å². The molecule has 0 saturated heterocycles. The third kappa shape index (κ3) is 2.04. The molecule has 0 unspecified atom stereocenters. The van der Waals surface area contributed by atoms with Crippen molar-refractivity contribution < 1.29 is 0 Å². The van der Waals surface area contributed by atoms with Crippen LogP contribution in [0.3, 0.4) is 0 Å². The summed E-state index contributed by atoms with van der Waals surface area (Å²) in [6, 6.07) is 7.88. The van der Waals surface area contributed by atoms with Crippen LogP contribution in [0.2, 0.25) is 5.02 Å². The monoisotopic (exact) mass is 200 g/mol. The van der Waals surface area contributed by atoms with Crippen LogP contribution in [0.1, 0.15) is 5.56 Å². The Balaban J connectivity index is 2.94. The summed E-state index contributed by atoms with van der Waals surface area (Å²) in [4.78, 5) is 0. The number of benzene rings is 1. The van der Waals surface area contributed by atoms with Gasteiger partial charge in [0.05, 0.1) is 0 Å². The standard InChI is InChI=1S/C7H6AsCl/c8-5-6-2-1-3-7(9)4-6/h1-4H,5H2. The van der Waals surface area contributed by atoms with Gasteiger partial charge in [-0.1, -0.05) is 0 Å². The Morgan fingerprint density at radius 3 is 2.67 bits per heavy atom. The Labute approximate surface area is 68.7 Å². The molecule has 1 aromatic rings. The Hall–Kier alpha value is 0.0684. The minimum absolute atomic E-state index is 0.818. The molecule has 0 nitrogen and oxygen atoms in total. The van der Waals surface area contributed by atoms with Crippen molar-refractivity contribution in [1.29, 1.82) is 0 Å². The summed E-state index contributed by atoms with van der Waals surface area (Å²) in [6.45, 7) is 0. The van der Waals surface area contributed by atoms with E-state index in [2.05, 4.69) is 22.9 Å². The van der Waals surface area contributed by atoms with E-state index in [1.807, 2.05) is 18.2 Å². The molecule has 0 aliphatic rings. The Bertz CT molecular complexity index is 198. The first-order chi connectivity index (χ1) is 4.33. The fourth-order valence-electron chi connectivity index (χ4n) is 0.635. The third-order valence-corrected chi connectivity index (χ3v) is 2.07. The van der Waals surface area contributed by atoms with E-state index in [-0.39, 0.29) is 0 Å². The van der Waals surface area contributed by atoms with Gasteiger partial charge >= 0.3 is 68.5 Å². The van der Waals surface area contributed by atoms with E-state index < -0.39 is 0 Å². The van der Waals surface area contributed by atoms with Crippen LogP contribution in [-0.4, -0.2) is 16.9 Å². The Kier molecular flexibility index (Phi) is 2.62. The van der Waals surface area contributed by atoms with Crippen LogP contribution < -0.4 is 0 Å². The molecule has 2 radical (unpaired) electrons. The van der Waals surface area contributed by atoms with E-state index in [0.29, 0.717) is 0 Å². The zero-order chi connectivity index (χ0) is 6.69. The minimum atomic E-state index is 0.818. The molecule has 0 aliphatic carbocycles. The molecule has 0 amide bonds. The van der Waals surface area contributed by atoms with Crippen molar-refractivity contribution in [1.82, 2.24) is 0 Å². The first-order valence-corrected chi connectivity index (χ1v) is 4.39. The molecular formula is C7H6AsCl. The van der Waals surface area contributed by atoms with Crippen molar-refractivity contribution in [3.8, 4) is 0 Å². The SMILES string of the molecule is Clc1cccc(C[As])c1. The van der Waals surface area contributed by atoms with Gasteiger partial charge < -0.3 is 0 Å². The topological polar surface area (TPSA) is 0 Å². The molecule has 46 valence electrons. The van der Waals surface area contributed by atoms with Gasteiger partial charge in [-0.05, 0) is 0 Å². The molecular weight excluding hydrogens is 194 g/mol. The number of rotatable bonds is 1. The molecule has 0 N–H and O–H groups in total. The van der Waals surface area contributed by atoms with Gasteiger partial charge in [0, 0.05) is 0 Å². The maximum atomic E-state index is 5.72. The first-order valence-electron chi connectivity index (χ1n) is 2.68. The van der Waals surface area contributed by atoms with E-state index >= 15 is 0 Å². The fraction of sp³-hybridized carbons (Fsp3) is 0.143. The molecule has 1 rings (SSSR count). The molecule has 0 heterocycles. The van der Waals surface area contributed by atoms with Crippen LogP contribution in [0.25, 0.3) is 0 Å². The van der Waals surface area contributed by atoms with Gasteiger partial charge in [0.15, 0.2) is 0 Å². The third-order valence-electron chi connectivity index (χ3n) is 1.07. The second-order valence-corrected chi connectivity index (χ2v) is 2.89. The van der Waals surface area contributed by atoms with Gasteiger partial charge in [0.25, 0.3) is 0 Å². The van der Waals surface area contributed by atoms with Crippen LogP contribution in [0.5, 0.6) is 0 Å². The predicted octanol–water partition coefficient (Wildman–Crippen LogP) is 2.01. The summed E-state index contributed by atoms with van der Waals surface area (Å²) in [7, 11) is 0. The van der Waals surface area contributed by atoms with Crippen molar-refractivity contribution >= 4 is 28.5 Å². The van der Waals surface area contributed by atoms with Gasteiger partial charge in [-0.15, -0.1) is 0 Å². The van der Waals surface area contributed by atoms with Crippen LogP contribution in [-0.2, 0) is 5.21 Å². The number of hydrogen-bond acceptors (Lipinski definition) is 0. The quantitative estimate of drug-likeness (QED) is 0.609. The normalized spacial score (nSPS) is 9.56. The maximum absolute atomic E-state index is 5.72. The molecule has 0 atom stereocenters. The molecule has 1 aromatic carbocycles. The molecule has 0 bridgehead atoms. The second-order valence-electron chi connectivity index (χ2n) is 1.79. The summed E-state index contributed by atoms with van der Waals surface area (Å²) < 4.78 is 0. The van der Waals surface area contributed by atoms with Crippen LogP contribution in [0.15, 0.2) is 24.3 Å². The molecule has 0 fully saturated rings. The van der Waals surface area contributed by atoms with Crippen molar-refractivity contribution in [2.75, 3.05) is 0 Å². The summed E-state index contributed by atoms with van der Waals surface area (Å²) in [5, 5.41) is 1.81. The predicted molar refractivity (Wildman–Crippen MR) is 40.9 cm³/mol. The average molecular weight is 200 g/mol. The van der Waals surface area contributed by atoms with E-state index in [0.717, 1.165) is 10.2 Å². The Morgan fingerprint density at radius 2 is 2.22 bits per heavy atom. The van der Waals surface area contributed by atoms with Crippen molar-refractivity contribution in [2.24, 2.45) is 0 Å². The summed E-state index contributed by atoms with van der Waals surface area (Å²) in [5.41, 5.74) is 1.27. The Morgan fingerprint density at radius 1 is 1.44 bits per heavy atom. The molecule has 0 saturated carbocycles. The zero-order valence-electron chi connectivity index (χ0n) is 4.84. The van der Waals surface area contributed by atoms with E-state index in [1.54, 1.807) is 0 Å². The van der Waals surface area contributed by atoms with Crippen LogP contribution >= 0.6 is 11.6 Å². The zero-order valence-corrected chi connectivity index (χ0v) is 7.47. The fourth-order valence-corrected chi connectivity index (χ4v) is 1.26. The summed E-state index contributed by atoms with van der Waals surface area (Å²) in [6.07, 6.45) is 0. The van der Waals surface area contributed by atoms with Gasteiger partial charge in [0.1, 0.15) is 0 Å². The van der Waals surface area contributed by atoms with E-state index in [4.69, 9.17) is 11.6 Å². The molecule has 2 heteroatoms. The van der Waals surface area contributed by atoms with Crippen molar-refractivity contribution in [3.63, 3.8) is 0 Å². The van der Waals surface area contributed by atoms with Gasteiger partial charge in [-0.25, -0.2) is 0 Å². The van der Waals surface area contributed by atoms with Gasteiger partial charge in [-0.3, -0.25) is 0 Å². The second kappa shape index (κ2) is 3.29. The average Bonchev–Trinajstić information content (AvgIpc) is 1.88. The number of halogens is 1. The van der Waals surface area contributed by atoms with Gasteiger partial charge in [-0.2, -0.15) is 0 Å². The molecule has 0 spiro atoms.